The first-order valence-electron chi connectivity index (χ1n) is 5.56. The summed E-state index contributed by atoms with van der Waals surface area (Å²) in [6.07, 6.45) is 0. The fourth-order valence-corrected chi connectivity index (χ4v) is 2.99. The number of hydrogen-bond donors (Lipinski definition) is 4. The number of benzene rings is 1. The summed E-state index contributed by atoms with van der Waals surface area (Å²) < 4.78 is 31.2. The Morgan fingerprint density at radius 2 is 2.15 bits per heavy atom. The van der Waals surface area contributed by atoms with Crippen LogP contribution >= 0.6 is 0 Å². The zero-order valence-corrected chi connectivity index (χ0v) is 11.6. The summed E-state index contributed by atoms with van der Waals surface area (Å²) in [5, 5.41) is 18.1. The second kappa shape index (κ2) is 6.66. The van der Waals surface area contributed by atoms with E-state index in [4.69, 9.17) is 20.7 Å². The van der Waals surface area contributed by atoms with Gasteiger partial charge in [0.15, 0.2) is 0 Å². The van der Waals surface area contributed by atoms with Gasteiger partial charge in [-0.2, -0.15) is 0 Å². The minimum Gasteiger partial charge on any atom is -0.478 e. The number of aliphatic hydroxyl groups is 1. The van der Waals surface area contributed by atoms with Crippen molar-refractivity contribution in [1.82, 2.24) is 4.72 Å². The first-order chi connectivity index (χ1) is 9.31. The molecule has 0 fully saturated rings. The van der Waals surface area contributed by atoms with E-state index in [1.165, 1.54) is 13.2 Å². The van der Waals surface area contributed by atoms with Gasteiger partial charge >= 0.3 is 5.97 Å². The summed E-state index contributed by atoms with van der Waals surface area (Å²) in [7, 11) is -2.80. The van der Waals surface area contributed by atoms with Crippen LogP contribution in [0.2, 0.25) is 0 Å². The number of nitrogen functional groups attached to an aromatic ring is 1. The van der Waals surface area contributed by atoms with E-state index in [0.29, 0.717) is 0 Å². The number of carboxylic acids is 1. The molecule has 0 aliphatic carbocycles. The van der Waals surface area contributed by atoms with Crippen molar-refractivity contribution in [3.05, 3.63) is 23.8 Å². The van der Waals surface area contributed by atoms with Gasteiger partial charge in [-0.05, 0) is 18.2 Å². The smallest absolute Gasteiger partial charge is 0.337 e. The molecular formula is C11H16N2O6S. The molecule has 0 radical (unpaired) electrons. The normalized spacial score (nSPS) is 13.1. The molecule has 0 aromatic heterocycles. The predicted molar refractivity (Wildman–Crippen MR) is 70.9 cm³/mol. The first-order valence-corrected chi connectivity index (χ1v) is 7.05. The lowest BCUT2D eigenvalue weighted by molar-refractivity contribution is 0.0692. The van der Waals surface area contributed by atoms with Crippen LogP contribution in [0.3, 0.4) is 0 Å². The molecule has 5 N–H and O–H groups in total. The average molecular weight is 304 g/mol. The maximum Gasteiger partial charge on any atom is 0.337 e. The van der Waals surface area contributed by atoms with Crippen LogP contribution in [0.15, 0.2) is 23.1 Å². The molecule has 0 aliphatic heterocycles. The number of sulfonamides is 1. The van der Waals surface area contributed by atoms with E-state index < -0.39 is 39.1 Å². The van der Waals surface area contributed by atoms with Crippen LogP contribution in [-0.4, -0.2) is 51.0 Å². The molecule has 0 saturated heterocycles. The van der Waals surface area contributed by atoms with Crippen molar-refractivity contribution >= 4 is 21.7 Å². The molecule has 20 heavy (non-hydrogen) atoms. The fraction of sp³-hybridized carbons (Fsp3) is 0.364. The van der Waals surface area contributed by atoms with E-state index in [1.807, 2.05) is 0 Å². The monoisotopic (exact) mass is 304 g/mol. The summed E-state index contributed by atoms with van der Waals surface area (Å²) in [4.78, 5) is 10.6. The average Bonchev–Trinajstić information content (AvgIpc) is 2.37. The Morgan fingerprint density at radius 1 is 1.50 bits per heavy atom. The number of nitrogens with two attached hydrogens (primary N) is 1. The number of anilines is 1. The summed E-state index contributed by atoms with van der Waals surface area (Å²) in [5.74, 6) is -1.39. The molecule has 0 bridgehead atoms. The summed E-state index contributed by atoms with van der Waals surface area (Å²) >= 11 is 0. The molecule has 0 aliphatic rings. The van der Waals surface area contributed by atoms with Gasteiger partial charge < -0.3 is 20.7 Å². The lowest BCUT2D eigenvalue weighted by atomic mass is 10.2. The van der Waals surface area contributed by atoms with Crippen LogP contribution in [0.4, 0.5) is 5.69 Å². The van der Waals surface area contributed by atoms with Crippen LogP contribution in [0, 0.1) is 0 Å². The molecule has 1 atom stereocenters. The van der Waals surface area contributed by atoms with Gasteiger partial charge in [0.05, 0.1) is 29.7 Å². The molecule has 9 heteroatoms. The number of methoxy groups -OCH3 is 1. The number of carbonyl (C=O) groups is 1. The van der Waals surface area contributed by atoms with Crippen LogP contribution < -0.4 is 10.5 Å². The van der Waals surface area contributed by atoms with E-state index in [9.17, 15) is 13.2 Å². The van der Waals surface area contributed by atoms with Gasteiger partial charge in [0, 0.05) is 12.8 Å². The van der Waals surface area contributed by atoms with Gasteiger partial charge in [-0.1, -0.05) is 0 Å². The van der Waals surface area contributed by atoms with Gasteiger partial charge in [0.1, 0.15) is 0 Å². The van der Waals surface area contributed by atoms with Crippen LogP contribution in [0.5, 0.6) is 0 Å². The minimum atomic E-state index is -4.14. The van der Waals surface area contributed by atoms with Crippen LogP contribution in [0.25, 0.3) is 0 Å². The second-order valence-electron chi connectivity index (χ2n) is 4.02. The Balaban J connectivity index is 3.21. The third kappa shape index (κ3) is 3.90. The number of nitrogens with one attached hydrogen (secondary N) is 1. The lowest BCUT2D eigenvalue weighted by Crippen LogP contribution is -2.41. The second-order valence-corrected chi connectivity index (χ2v) is 5.70. The van der Waals surface area contributed by atoms with Crippen LogP contribution in [0.1, 0.15) is 10.4 Å². The van der Waals surface area contributed by atoms with Crippen molar-refractivity contribution in [3.63, 3.8) is 0 Å². The van der Waals surface area contributed by atoms with Crippen molar-refractivity contribution < 1.29 is 28.2 Å². The third-order valence-electron chi connectivity index (χ3n) is 2.44. The third-order valence-corrected chi connectivity index (χ3v) is 4.00. The van der Waals surface area contributed by atoms with Gasteiger partial charge in [0.2, 0.25) is 10.0 Å². The summed E-state index contributed by atoms with van der Waals surface area (Å²) in [6.45, 7) is -0.543. The van der Waals surface area contributed by atoms with Gasteiger partial charge in [-0.25, -0.2) is 17.9 Å². The van der Waals surface area contributed by atoms with Crippen molar-refractivity contribution in [2.75, 3.05) is 26.1 Å². The summed E-state index contributed by atoms with van der Waals surface area (Å²) in [5.41, 5.74) is 5.20. The van der Waals surface area contributed by atoms with E-state index in [2.05, 4.69) is 4.72 Å². The number of aliphatic hydroxyl groups excluding tert-OH is 1. The van der Waals surface area contributed by atoms with Crippen molar-refractivity contribution in [1.29, 1.82) is 0 Å². The van der Waals surface area contributed by atoms with Crippen molar-refractivity contribution in [2.45, 2.75) is 10.9 Å². The molecule has 1 rings (SSSR count). The lowest BCUT2D eigenvalue weighted by Gasteiger charge is -2.16. The molecule has 1 aromatic carbocycles. The Hall–Kier alpha value is -1.68. The zero-order chi connectivity index (χ0) is 15.3. The van der Waals surface area contributed by atoms with Gasteiger partial charge in [-0.15, -0.1) is 0 Å². The molecule has 1 unspecified atom stereocenters. The van der Waals surface area contributed by atoms with Crippen LogP contribution in [-0.2, 0) is 14.8 Å². The van der Waals surface area contributed by atoms with E-state index in [-0.39, 0.29) is 12.3 Å². The van der Waals surface area contributed by atoms with E-state index in [0.717, 1.165) is 12.1 Å². The largest absolute Gasteiger partial charge is 0.478 e. The topological polar surface area (TPSA) is 139 Å². The minimum absolute atomic E-state index is 0.0551. The highest BCUT2D eigenvalue weighted by Gasteiger charge is 2.25. The highest BCUT2D eigenvalue weighted by atomic mass is 32.2. The molecule has 0 amide bonds. The maximum absolute atomic E-state index is 12.2. The van der Waals surface area contributed by atoms with E-state index in [1.54, 1.807) is 0 Å². The SMILES string of the molecule is COCC(CO)NS(=O)(=O)c1cc(N)ccc1C(=O)O. The van der Waals surface area contributed by atoms with Gasteiger partial charge in [-0.3, -0.25) is 0 Å². The Morgan fingerprint density at radius 3 is 2.65 bits per heavy atom. The zero-order valence-electron chi connectivity index (χ0n) is 10.7. The highest BCUT2D eigenvalue weighted by molar-refractivity contribution is 7.89. The number of hydrogen-bond acceptors (Lipinski definition) is 6. The summed E-state index contributed by atoms with van der Waals surface area (Å²) in [6, 6.07) is 2.57. The fourth-order valence-electron chi connectivity index (χ4n) is 1.55. The molecule has 8 nitrogen and oxygen atoms in total. The quantitative estimate of drug-likeness (QED) is 0.486. The maximum atomic E-state index is 12.2. The van der Waals surface area contributed by atoms with Crippen molar-refractivity contribution in [3.8, 4) is 0 Å². The van der Waals surface area contributed by atoms with E-state index >= 15 is 0 Å². The molecule has 0 saturated carbocycles. The first kappa shape index (κ1) is 16.4. The Bertz CT molecular complexity index is 587. The van der Waals surface area contributed by atoms with Crippen molar-refractivity contribution in [2.24, 2.45) is 0 Å². The molecule has 0 spiro atoms. The Labute approximate surface area is 116 Å². The highest BCUT2D eigenvalue weighted by Crippen LogP contribution is 2.19. The number of rotatable bonds is 7. The molecule has 112 valence electrons. The predicted octanol–water partition coefficient (Wildman–Crippen LogP) is -0.747. The molecular weight excluding hydrogens is 288 g/mol. The number of ether oxygens (including phenoxy) is 1. The van der Waals surface area contributed by atoms with Gasteiger partial charge in [0.25, 0.3) is 0 Å². The number of carboxylic acid groups (broad SMARTS) is 1. The Kier molecular flexibility index (Phi) is 5.45. The molecule has 0 heterocycles. The standard InChI is InChI=1S/C11H16N2O6S/c1-19-6-8(5-14)13-20(17,18)10-4-7(12)2-3-9(10)11(15)16/h2-4,8,13-14H,5-6,12H2,1H3,(H,15,16). The number of aromatic carboxylic acids is 1. The molecule has 1 aromatic rings.